The maximum atomic E-state index is 3.68. The van der Waals surface area contributed by atoms with Gasteiger partial charge in [-0.3, -0.25) is 0 Å². The molecular weight excluding hydrogens is 218 g/mol. The zero-order chi connectivity index (χ0) is 13.0. The van der Waals surface area contributed by atoms with Crippen LogP contribution in [-0.2, 0) is 6.42 Å². The van der Waals surface area contributed by atoms with Gasteiger partial charge in [-0.2, -0.15) is 0 Å². The minimum absolute atomic E-state index is 0.740. The molecule has 2 rings (SSSR count). The highest BCUT2D eigenvalue weighted by Gasteiger charge is 2.19. The Morgan fingerprint density at radius 3 is 2.56 bits per heavy atom. The van der Waals surface area contributed by atoms with Crippen LogP contribution in [0, 0.1) is 19.8 Å². The molecule has 1 aliphatic rings. The molecule has 1 aromatic rings. The third kappa shape index (κ3) is 3.84. The summed E-state index contributed by atoms with van der Waals surface area (Å²) in [6.45, 7) is 7.94. The number of nitrogens with one attached hydrogen (secondary N) is 1. The van der Waals surface area contributed by atoms with E-state index < -0.39 is 0 Å². The van der Waals surface area contributed by atoms with Crippen LogP contribution in [0.15, 0.2) is 18.2 Å². The van der Waals surface area contributed by atoms with E-state index in [9.17, 15) is 0 Å². The summed E-state index contributed by atoms with van der Waals surface area (Å²) in [7, 11) is 0. The number of hydrogen-bond acceptors (Lipinski definition) is 1. The number of piperidine rings is 1. The molecule has 100 valence electrons. The Morgan fingerprint density at radius 1 is 1.17 bits per heavy atom. The van der Waals surface area contributed by atoms with Crippen LogP contribution in [0.4, 0.5) is 0 Å². The maximum Gasteiger partial charge on any atom is 0.00728 e. The zero-order valence-electron chi connectivity index (χ0n) is 12.1. The number of hydrogen-bond donors (Lipinski definition) is 1. The Labute approximate surface area is 112 Å². The van der Waals surface area contributed by atoms with E-state index in [2.05, 4.69) is 44.3 Å². The van der Waals surface area contributed by atoms with Gasteiger partial charge >= 0.3 is 0 Å². The van der Waals surface area contributed by atoms with Gasteiger partial charge in [-0.15, -0.1) is 0 Å². The predicted molar refractivity (Wildman–Crippen MR) is 79.0 cm³/mol. The van der Waals surface area contributed by atoms with Crippen molar-refractivity contribution < 1.29 is 0 Å². The van der Waals surface area contributed by atoms with Crippen LogP contribution in [0.5, 0.6) is 0 Å². The molecule has 0 aliphatic carbocycles. The van der Waals surface area contributed by atoms with Crippen molar-refractivity contribution in [2.45, 2.75) is 58.9 Å². The van der Waals surface area contributed by atoms with E-state index in [-0.39, 0.29) is 0 Å². The fourth-order valence-electron chi connectivity index (χ4n) is 3.24. The molecule has 0 amide bonds. The highest BCUT2D eigenvalue weighted by molar-refractivity contribution is 5.28. The van der Waals surface area contributed by atoms with E-state index in [4.69, 9.17) is 0 Å². The predicted octanol–water partition coefficient (Wildman–Crippen LogP) is 4.01. The number of aryl methyl sites for hydroxylation is 3. The molecular formula is C17H27N. The fraction of sp³-hybridized carbons (Fsp3) is 0.647. The Hall–Kier alpha value is -0.820. The van der Waals surface area contributed by atoms with Gasteiger partial charge in [0.2, 0.25) is 0 Å². The first-order chi connectivity index (χ1) is 8.67. The second-order valence-electron chi connectivity index (χ2n) is 5.98. The fourth-order valence-corrected chi connectivity index (χ4v) is 3.24. The summed E-state index contributed by atoms with van der Waals surface area (Å²) in [5.41, 5.74) is 4.30. The van der Waals surface area contributed by atoms with E-state index in [1.165, 1.54) is 55.3 Å². The molecule has 1 aliphatic heterocycles. The van der Waals surface area contributed by atoms with Crippen LogP contribution < -0.4 is 5.32 Å². The molecule has 2 unspecified atom stereocenters. The summed E-state index contributed by atoms with van der Waals surface area (Å²) >= 11 is 0. The zero-order valence-corrected chi connectivity index (χ0v) is 12.1. The van der Waals surface area contributed by atoms with Gasteiger partial charge in [-0.05, 0) is 57.6 Å². The van der Waals surface area contributed by atoms with Crippen molar-refractivity contribution >= 4 is 0 Å². The van der Waals surface area contributed by atoms with E-state index >= 15 is 0 Å². The van der Waals surface area contributed by atoms with Gasteiger partial charge in [-0.1, -0.05) is 42.7 Å². The molecule has 0 bridgehead atoms. The smallest absolute Gasteiger partial charge is 0.00728 e. The largest absolute Gasteiger partial charge is 0.314 e. The van der Waals surface area contributed by atoms with Crippen LogP contribution in [0.25, 0.3) is 0 Å². The van der Waals surface area contributed by atoms with E-state index in [1.807, 2.05) is 0 Å². The van der Waals surface area contributed by atoms with E-state index in [0.717, 1.165) is 12.0 Å². The van der Waals surface area contributed by atoms with E-state index in [1.54, 1.807) is 0 Å². The Balaban J connectivity index is 1.87. The maximum absolute atomic E-state index is 3.68. The molecule has 18 heavy (non-hydrogen) atoms. The van der Waals surface area contributed by atoms with Gasteiger partial charge in [0.05, 0.1) is 0 Å². The summed E-state index contributed by atoms with van der Waals surface area (Å²) in [4.78, 5) is 0. The van der Waals surface area contributed by atoms with Crippen molar-refractivity contribution in [1.82, 2.24) is 5.32 Å². The van der Waals surface area contributed by atoms with E-state index in [0.29, 0.717) is 0 Å². The normalized spacial score (nSPS) is 24.2. The topological polar surface area (TPSA) is 12.0 Å². The van der Waals surface area contributed by atoms with Crippen LogP contribution in [0.3, 0.4) is 0 Å². The third-order valence-corrected chi connectivity index (χ3v) is 4.24. The second kappa shape index (κ2) is 6.38. The lowest BCUT2D eigenvalue weighted by molar-refractivity contribution is 0.285. The molecule has 1 saturated heterocycles. The first kappa shape index (κ1) is 13.6. The summed E-state index contributed by atoms with van der Waals surface area (Å²) in [6, 6.07) is 7.68. The second-order valence-corrected chi connectivity index (χ2v) is 5.98. The average molecular weight is 245 g/mol. The highest BCUT2D eigenvalue weighted by atomic mass is 14.9. The standard InChI is InChI=1S/C17H27N/c1-4-15-7-8-18-17(12-15)6-5-16-10-13(2)9-14(3)11-16/h9-11,15,17-18H,4-8,12H2,1-3H3. The minimum atomic E-state index is 0.740. The number of benzene rings is 1. The lowest BCUT2D eigenvalue weighted by Crippen LogP contribution is -2.38. The highest BCUT2D eigenvalue weighted by Crippen LogP contribution is 2.22. The molecule has 0 saturated carbocycles. The monoisotopic (exact) mass is 245 g/mol. The lowest BCUT2D eigenvalue weighted by atomic mass is 9.87. The molecule has 1 nitrogen and oxygen atoms in total. The molecule has 1 aromatic carbocycles. The molecule has 0 aromatic heterocycles. The molecule has 1 heteroatoms. The van der Waals surface area contributed by atoms with Gasteiger partial charge in [0.15, 0.2) is 0 Å². The van der Waals surface area contributed by atoms with Crippen molar-refractivity contribution in [2.24, 2.45) is 5.92 Å². The van der Waals surface area contributed by atoms with Gasteiger partial charge in [0, 0.05) is 6.04 Å². The average Bonchev–Trinajstić information content (AvgIpc) is 2.35. The third-order valence-electron chi connectivity index (χ3n) is 4.24. The molecule has 0 radical (unpaired) electrons. The lowest BCUT2D eigenvalue weighted by Gasteiger charge is -2.29. The minimum Gasteiger partial charge on any atom is -0.314 e. The van der Waals surface area contributed by atoms with Crippen molar-refractivity contribution in [3.05, 3.63) is 34.9 Å². The molecule has 1 N–H and O–H groups in total. The van der Waals surface area contributed by atoms with Crippen LogP contribution in [-0.4, -0.2) is 12.6 Å². The van der Waals surface area contributed by atoms with Crippen LogP contribution >= 0.6 is 0 Å². The number of rotatable bonds is 4. The first-order valence-corrected chi connectivity index (χ1v) is 7.48. The molecule has 2 atom stereocenters. The van der Waals surface area contributed by atoms with Crippen LogP contribution in [0.2, 0.25) is 0 Å². The Kier molecular flexibility index (Phi) is 4.82. The van der Waals surface area contributed by atoms with Crippen LogP contribution in [0.1, 0.15) is 49.3 Å². The quantitative estimate of drug-likeness (QED) is 0.845. The molecule has 1 heterocycles. The van der Waals surface area contributed by atoms with Gasteiger partial charge in [0.25, 0.3) is 0 Å². The Bertz CT molecular complexity index is 363. The summed E-state index contributed by atoms with van der Waals surface area (Å²) in [6.07, 6.45) is 6.61. The summed E-state index contributed by atoms with van der Waals surface area (Å²) in [5.74, 6) is 0.954. The SMILES string of the molecule is CCC1CCNC(CCc2cc(C)cc(C)c2)C1. The van der Waals surface area contributed by atoms with Gasteiger partial charge < -0.3 is 5.32 Å². The summed E-state index contributed by atoms with van der Waals surface area (Å²) in [5, 5.41) is 3.68. The van der Waals surface area contributed by atoms with Crippen molar-refractivity contribution in [3.63, 3.8) is 0 Å². The first-order valence-electron chi connectivity index (χ1n) is 7.48. The summed E-state index contributed by atoms with van der Waals surface area (Å²) < 4.78 is 0. The molecule has 0 spiro atoms. The Morgan fingerprint density at radius 2 is 1.89 bits per heavy atom. The van der Waals surface area contributed by atoms with Gasteiger partial charge in [-0.25, -0.2) is 0 Å². The van der Waals surface area contributed by atoms with Crippen molar-refractivity contribution in [3.8, 4) is 0 Å². The molecule has 1 fully saturated rings. The van der Waals surface area contributed by atoms with Crippen molar-refractivity contribution in [1.29, 1.82) is 0 Å². The van der Waals surface area contributed by atoms with Gasteiger partial charge in [0.1, 0.15) is 0 Å². The van der Waals surface area contributed by atoms with Crippen molar-refractivity contribution in [2.75, 3.05) is 6.54 Å².